The van der Waals surface area contributed by atoms with Gasteiger partial charge in [0.2, 0.25) is 0 Å². The van der Waals surface area contributed by atoms with Gasteiger partial charge in [-0.25, -0.2) is 0 Å². The van der Waals surface area contributed by atoms with E-state index >= 15 is 0 Å². The molecule has 1 N–H and O–H groups in total. The molecule has 2 rings (SSSR count). The van der Waals surface area contributed by atoms with Crippen LogP contribution in [0.3, 0.4) is 0 Å². The van der Waals surface area contributed by atoms with Crippen molar-refractivity contribution in [3.63, 3.8) is 0 Å². The van der Waals surface area contributed by atoms with Gasteiger partial charge >= 0.3 is 0 Å². The Morgan fingerprint density at radius 2 is 1.89 bits per heavy atom. The van der Waals surface area contributed by atoms with Crippen LogP contribution in [-0.2, 0) is 4.74 Å². The van der Waals surface area contributed by atoms with E-state index in [2.05, 4.69) is 18.9 Å². The highest BCUT2D eigenvalue weighted by atomic mass is 16.5. The summed E-state index contributed by atoms with van der Waals surface area (Å²) in [6.07, 6.45) is 2.35. The number of rotatable bonds is 4. The predicted molar refractivity (Wildman–Crippen MR) is 72.7 cm³/mol. The SMILES string of the molecule is CC(c1ccc(O)cc1)N(C)CC1CCOCC1. The van der Waals surface area contributed by atoms with E-state index in [1.807, 2.05) is 12.1 Å². The lowest BCUT2D eigenvalue weighted by molar-refractivity contribution is 0.0513. The summed E-state index contributed by atoms with van der Waals surface area (Å²) in [5.41, 5.74) is 1.25. The average Bonchev–Trinajstić information content (AvgIpc) is 2.40. The largest absolute Gasteiger partial charge is 0.508 e. The van der Waals surface area contributed by atoms with E-state index in [0.29, 0.717) is 11.8 Å². The van der Waals surface area contributed by atoms with Crippen LogP contribution >= 0.6 is 0 Å². The molecule has 3 nitrogen and oxygen atoms in total. The van der Waals surface area contributed by atoms with Gasteiger partial charge in [-0.1, -0.05) is 12.1 Å². The fraction of sp³-hybridized carbons (Fsp3) is 0.600. The van der Waals surface area contributed by atoms with Gasteiger partial charge in [-0.2, -0.15) is 0 Å². The standard InChI is InChI=1S/C15H23NO2/c1-12(14-3-5-15(17)6-4-14)16(2)11-13-7-9-18-10-8-13/h3-6,12-13,17H,7-11H2,1-2H3. The van der Waals surface area contributed by atoms with Gasteiger partial charge < -0.3 is 9.84 Å². The molecule has 0 aromatic heterocycles. The van der Waals surface area contributed by atoms with Crippen LogP contribution in [0.5, 0.6) is 5.75 Å². The average molecular weight is 249 g/mol. The van der Waals surface area contributed by atoms with Crippen molar-refractivity contribution in [3.05, 3.63) is 29.8 Å². The van der Waals surface area contributed by atoms with Crippen molar-refractivity contribution < 1.29 is 9.84 Å². The van der Waals surface area contributed by atoms with Crippen LogP contribution in [0, 0.1) is 5.92 Å². The Morgan fingerprint density at radius 1 is 1.28 bits per heavy atom. The summed E-state index contributed by atoms with van der Waals surface area (Å²) in [6, 6.07) is 7.90. The molecular weight excluding hydrogens is 226 g/mol. The van der Waals surface area contributed by atoms with Gasteiger partial charge in [0.25, 0.3) is 0 Å². The molecule has 0 bridgehead atoms. The molecule has 0 aliphatic carbocycles. The fourth-order valence-corrected chi connectivity index (χ4v) is 2.50. The number of benzene rings is 1. The van der Waals surface area contributed by atoms with E-state index in [9.17, 15) is 5.11 Å². The van der Waals surface area contributed by atoms with Crippen molar-refractivity contribution in [2.45, 2.75) is 25.8 Å². The molecule has 1 saturated heterocycles. The minimum Gasteiger partial charge on any atom is -0.508 e. The Morgan fingerprint density at radius 3 is 2.50 bits per heavy atom. The molecule has 1 heterocycles. The smallest absolute Gasteiger partial charge is 0.115 e. The Kier molecular flexibility index (Phi) is 4.61. The van der Waals surface area contributed by atoms with Crippen LogP contribution in [0.4, 0.5) is 0 Å². The number of aromatic hydroxyl groups is 1. The minimum atomic E-state index is 0.332. The summed E-state index contributed by atoms with van der Waals surface area (Å²) >= 11 is 0. The van der Waals surface area contributed by atoms with Crippen molar-refractivity contribution in [3.8, 4) is 5.75 Å². The molecule has 1 fully saturated rings. The lowest BCUT2D eigenvalue weighted by atomic mass is 9.98. The van der Waals surface area contributed by atoms with E-state index in [4.69, 9.17) is 4.74 Å². The molecular formula is C15H23NO2. The molecule has 18 heavy (non-hydrogen) atoms. The van der Waals surface area contributed by atoms with Gasteiger partial charge in [-0.05, 0) is 50.4 Å². The predicted octanol–water partition coefficient (Wildman–Crippen LogP) is 2.81. The van der Waals surface area contributed by atoms with Gasteiger partial charge in [0, 0.05) is 25.8 Å². The maximum Gasteiger partial charge on any atom is 0.115 e. The third-order valence-electron chi connectivity index (χ3n) is 3.92. The summed E-state index contributed by atoms with van der Waals surface area (Å²) in [5.74, 6) is 1.08. The Labute approximate surface area is 109 Å². The van der Waals surface area contributed by atoms with E-state index < -0.39 is 0 Å². The number of hydrogen-bond acceptors (Lipinski definition) is 3. The van der Waals surface area contributed by atoms with Gasteiger partial charge in [0.1, 0.15) is 5.75 Å². The van der Waals surface area contributed by atoms with E-state index in [1.165, 1.54) is 18.4 Å². The fourth-order valence-electron chi connectivity index (χ4n) is 2.50. The molecule has 0 amide bonds. The van der Waals surface area contributed by atoms with Crippen LogP contribution in [0.25, 0.3) is 0 Å². The van der Waals surface area contributed by atoms with Crippen molar-refractivity contribution in [2.75, 3.05) is 26.8 Å². The van der Waals surface area contributed by atoms with Gasteiger partial charge in [-0.15, -0.1) is 0 Å². The first-order valence-corrected chi connectivity index (χ1v) is 6.73. The van der Waals surface area contributed by atoms with Crippen LogP contribution in [-0.4, -0.2) is 36.8 Å². The van der Waals surface area contributed by atoms with Gasteiger partial charge in [0.15, 0.2) is 0 Å². The van der Waals surface area contributed by atoms with Crippen molar-refractivity contribution in [2.24, 2.45) is 5.92 Å². The van der Waals surface area contributed by atoms with E-state index in [0.717, 1.165) is 25.7 Å². The third kappa shape index (κ3) is 3.47. The molecule has 1 aromatic rings. The molecule has 3 heteroatoms. The molecule has 0 radical (unpaired) electrons. The number of hydrogen-bond donors (Lipinski definition) is 1. The highest BCUT2D eigenvalue weighted by molar-refractivity contribution is 5.27. The molecule has 1 atom stereocenters. The number of phenolic OH excluding ortho intramolecular Hbond substituents is 1. The first-order valence-electron chi connectivity index (χ1n) is 6.73. The minimum absolute atomic E-state index is 0.332. The summed E-state index contributed by atoms with van der Waals surface area (Å²) in [4.78, 5) is 2.39. The summed E-state index contributed by atoms with van der Waals surface area (Å²) in [7, 11) is 2.17. The zero-order chi connectivity index (χ0) is 13.0. The maximum absolute atomic E-state index is 9.31. The second kappa shape index (κ2) is 6.21. The summed E-state index contributed by atoms with van der Waals surface area (Å²) in [5, 5.41) is 9.31. The topological polar surface area (TPSA) is 32.7 Å². The molecule has 0 spiro atoms. The molecule has 1 unspecified atom stereocenters. The van der Waals surface area contributed by atoms with Gasteiger partial charge in [-0.3, -0.25) is 4.90 Å². The number of ether oxygens (including phenoxy) is 1. The summed E-state index contributed by atoms with van der Waals surface area (Å²) in [6.45, 7) is 5.15. The zero-order valence-electron chi connectivity index (χ0n) is 11.3. The lowest BCUT2D eigenvalue weighted by Crippen LogP contribution is -2.31. The number of nitrogens with zero attached hydrogens (tertiary/aromatic N) is 1. The molecule has 100 valence electrons. The van der Waals surface area contributed by atoms with Crippen molar-refractivity contribution in [1.82, 2.24) is 4.90 Å². The molecule has 1 aliphatic heterocycles. The molecule has 1 aromatic carbocycles. The van der Waals surface area contributed by atoms with Crippen LogP contribution in [0.1, 0.15) is 31.4 Å². The Bertz CT molecular complexity index is 357. The number of phenols is 1. The van der Waals surface area contributed by atoms with Crippen molar-refractivity contribution in [1.29, 1.82) is 0 Å². The second-order valence-electron chi connectivity index (χ2n) is 5.26. The van der Waals surface area contributed by atoms with Crippen LogP contribution < -0.4 is 0 Å². The highest BCUT2D eigenvalue weighted by Gasteiger charge is 2.19. The third-order valence-corrected chi connectivity index (χ3v) is 3.92. The first kappa shape index (κ1) is 13.4. The zero-order valence-corrected chi connectivity index (χ0v) is 11.3. The van der Waals surface area contributed by atoms with E-state index in [-0.39, 0.29) is 0 Å². The lowest BCUT2D eigenvalue weighted by Gasteiger charge is -2.31. The summed E-state index contributed by atoms with van der Waals surface area (Å²) < 4.78 is 5.39. The van der Waals surface area contributed by atoms with E-state index in [1.54, 1.807) is 12.1 Å². The van der Waals surface area contributed by atoms with Crippen LogP contribution in [0.2, 0.25) is 0 Å². The Balaban J connectivity index is 1.91. The quantitative estimate of drug-likeness (QED) is 0.890. The molecule has 0 saturated carbocycles. The Hall–Kier alpha value is -1.06. The highest BCUT2D eigenvalue weighted by Crippen LogP contribution is 2.24. The van der Waals surface area contributed by atoms with Crippen molar-refractivity contribution >= 4 is 0 Å². The first-order chi connectivity index (χ1) is 8.66. The maximum atomic E-state index is 9.31. The van der Waals surface area contributed by atoms with Crippen LogP contribution in [0.15, 0.2) is 24.3 Å². The monoisotopic (exact) mass is 249 g/mol. The molecule has 1 aliphatic rings. The van der Waals surface area contributed by atoms with Gasteiger partial charge in [0.05, 0.1) is 0 Å². The second-order valence-corrected chi connectivity index (χ2v) is 5.26. The normalized spacial score (nSPS) is 19.1.